The van der Waals surface area contributed by atoms with E-state index in [1.165, 1.54) is 32.5 Å². The summed E-state index contributed by atoms with van der Waals surface area (Å²) >= 11 is 7.64. The molecule has 0 unspecified atom stereocenters. The summed E-state index contributed by atoms with van der Waals surface area (Å²) in [6, 6.07) is 5.23. The number of ether oxygens (including phenoxy) is 4. The zero-order chi connectivity index (χ0) is 24.3. The fraction of sp³-hybridized carbons (Fsp3) is 0.455. The molecule has 4 atom stereocenters. The molecule has 2 heterocycles. The predicted molar refractivity (Wildman–Crippen MR) is 120 cm³/mol. The van der Waals surface area contributed by atoms with E-state index in [1.807, 2.05) is 13.0 Å². The number of esters is 3. The van der Waals surface area contributed by atoms with Crippen LogP contribution in [0.4, 0.5) is 0 Å². The summed E-state index contributed by atoms with van der Waals surface area (Å²) in [6.07, 6.45) is -2.91. The molecule has 1 aromatic heterocycles. The molecule has 11 heteroatoms. The molecule has 0 bridgehead atoms. The van der Waals surface area contributed by atoms with Crippen LogP contribution in [0.25, 0.3) is 11.1 Å². The van der Waals surface area contributed by atoms with E-state index in [0.29, 0.717) is 22.2 Å². The Morgan fingerprint density at radius 1 is 1.03 bits per heavy atom. The van der Waals surface area contributed by atoms with Crippen molar-refractivity contribution in [1.82, 2.24) is 5.16 Å². The van der Waals surface area contributed by atoms with Crippen molar-refractivity contribution in [2.45, 2.75) is 58.4 Å². The normalized spacial score (nSPS) is 22.4. The lowest BCUT2D eigenvalue weighted by molar-refractivity contribution is -0.186. The highest BCUT2D eigenvalue weighted by molar-refractivity contribution is 7.99. The van der Waals surface area contributed by atoms with Crippen LogP contribution in [0.15, 0.2) is 22.7 Å². The van der Waals surface area contributed by atoms with Crippen molar-refractivity contribution in [2.24, 2.45) is 0 Å². The highest BCUT2D eigenvalue weighted by atomic mass is 35.5. The number of halogens is 1. The predicted octanol–water partition coefficient (Wildman–Crippen LogP) is 3.86. The zero-order valence-corrected chi connectivity index (χ0v) is 20.3. The van der Waals surface area contributed by atoms with Gasteiger partial charge in [0, 0.05) is 32.1 Å². The summed E-state index contributed by atoms with van der Waals surface area (Å²) in [5, 5.41) is 4.31. The Bertz CT molecular complexity index is 1040. The molecule has 33 heavy (non-hydrogen) atoms. The molecule has 3 rings (SSSR count). The molecule has 0 N–H and O–H groups in total. The van der Waals surface area contributed by atoms with Gasteiger partial charge in [0.2, 0.25) is 0 Å². The van der Waals surface area contributed by atoms with E-state index in [1.54, 1.807) is 19.1 Å². The zero-order valence-electron chi connectivity index (χ0n) is 18.7. The molecule has 1 aliphatic rings. The number of carbonyl (C=O) groups excluding carboxylic acids is 3. The molecule has 9 nitrogen and oxygen atoms in total. The first-order valence-corrected chi connectivity index (χ1v) is 11.5. The van der Waals surface area contributed by atoms with Crippen LogP contribution in [0.2, 0.25) is 5.02 Å². The minimum Gasteiger partial charge on any atom is -0.474 e. The van der Waals surface area contributed by atoms with Gasteiger partial charge in [-0.1, -0.05) is 22.8 Å². The highest BCUT2D eigenvalue weighted by Crippen LogP contribution is 2.38. The van der Waals surface area contributed by atoms with Gasteiger partial charge in [-0.3, -0.25) is 14.4 Å². The number of aryl methyl sites for hydroxylation is 2. The van der Waals surface area contributed by atoms with Crippen LogP contribution in [0, 0.1) is 13.8 Å². The molecule has 0 spiro atoms. The summed E-state index contributed by atoms with van der Waals surface area (Å²) in [7, 11) is 0. The van der Waals surface area contributed by atoms with Crippen molar-refractivity contribution in [2.75, 3.05) is 5.75 Å². The van der Waals surface area contributed by atoms with Crippen molar-refractivity contribution in [3.05, 3.63) is 34.7 Å². The maximum atomic E-state index is 11.8. The highest BCUT2D eigenvalue weighted by Gasteiger charge is 2.47. The molecule has 178 valence electrons. The summed E-state index contributed by atoms with van der Waals surface area (Å²) in [5.41, 5.74) is 1.52. The van der Waals surface area contributed by atoms with Crippen molar-refractivity contribution in [3.63, 3.8) is 0 Å². The second-order valence-corrected chi connectivity index (χ2v) is 9.00. The fourth-order valence-corrected chi connectivity index (χ4v) is 4.95. The van der Waals surface area contributed by atoms with Crippen LogP contribution in [-0.2, 0) is 28.6 Å². The number of hydrogen-bond acceptors (Lipinski definition) is 10. The second kappa shape index (κ2) is 10.5. The van der Waals surface area contributed by atoms with Crippen molar-refractivity contribution in [1.29, 1.82) is 0 Å². The molecule has 1 fully saturated rings. The van der Waals surface area contributed by atoms with E-state index >= 15 is 0 Å². The molecule has 2 aromatic rings. The van der Waals surface area contributed by atoms with Gasteiger partial charge in [-0.2, -0.15) is 0 Å². The first-order valence-electron chi connectivity index (χ1n) is 10.1. The number of nitrogens with zero attached hydrogens (tertiary/aromatic N) is 1. The largest absolute Gasteiger partial charge is 0.474 e. The van der Waals surface area contributed by atoms with Crippen LogP contribution in [0.5, 0.6) is 5.75 Å². The van der Waals surface area contributed by atoms with Gasteiger partial charge >= 0.3 is 17.9 Å². The Kier molecular flexibility index (Phi) is 7.91. The average Bonchev–Trinajstić information content (AvgIpc) is 3.05. The topological polar surface area (TPSA) is 114 Å². The van der Waals surface area contributed by atoms with Gasteiger partial charge in [-0.05, 0) is 31.5 Å². The van der Waals surface area contributed by atoms with E-state index in [0.717, 1.165) is 11.1 Å². The molecule has 0 radical (unpaired) electrons. The standard InChI is InChI=1S/C22H24ClNO8S/c1-10-19(11(2)32-24-10)15-6-7-16(23)17(8-15)31-22-21(30-14(5)27)20(29-13(4)26)18(9-33-22)28-12(3)25/h6-8,18,20-22H,9H2,1-5H3/t18-,20+,21-,22+/m1/s1. The Morgan fingerprint density at radius 2 is 1.67 bits per heavy atom. The minimum absolute atomic E-state index is 0.251. The summed E-state index contributed by atoms with van der Waals surface area (Å²) in [5.74, 6) is -0.542. The molecule has 0 saturated carbocycles. The Hall–Kier alpha value is -2.72. The van der Waals surface area contributed by atoms with E-state index in [-0.39, 0.29) is 5.75 Å². The van der Waals surface area contributed by atoms with Gasteiger partial charge in [0.25, 0.3) is 0 Å². The van der Waals surface area contributed by atoms with E-state index in [2.05, 4.69) is 5.16 Å². The SMILES string of the molecule is CC(=O)O[C@@H]1[C@@H](OC(C)=O)[C@@H](Oc2cc(-c3c(C)noc3C)ccc2Cl)SC[C@H]1OC(C)=O. The number of benzene rings is 1. The van der Waals surface area contributed by atoms with Gasteiger partial charge in [0.1, 0.15) is 11.5 Å². The average molecular weight is 498 g/mol. The maximum Gasteiger partial charge on any atom is 0.303 e. The Labute approximate surface area is 200 Å². The van der Waals surface area contributed by atoms with Crippen molar-refractivity contribution in [3.8, 4) is 16.9 Å². The van der Waals surface area contributed by atoms with Crippen molar-refractivity contribution < 1.29 is 37.9 Å². The van der Waals surface area contributed by atoms with Crippen LogP contribution in [-0.4, -0.2) is 52.6 Å². The quantitative estimate of drug-likeness (QED) is 0.430. The van der Waals surface area contributed by atoms with Crippen LogP contribution < -0.4 is 4.74 Å². The van der Waals surface area contributed by atoms with Gasteiger partial charge < -0.3 is 23.5 Å². The van der Waals surface area contributed by atoms with E-state index in [4.69, 9.17) is 35.1 Å². The lowest BCUT2D eigenvalue weighted by Gasteiger charge is -2.40. The summed E-state index contributed by atoms with van der Waals surface area (Å²) < 4.78 is 27.6. The second-order valence-electron chi connectivity index (χ2n) is 7.46. The molecule has 1 saturated heterocycles. The number of aromatic nitrogens is 1. The molecule has 0 aliphatic carbocycles. The first-order chi connectivity index (χ1) is 15.6. The lowest BCUT2D eigenvalue weighted by atomic mass is 10.0. The number of hydrogen-bond donors (Lipinski definition) is 0. The van der Waals surface area contributed by atoms with Gasteiger partial charge in [0.05, 0.1) is 10.7 Å². The smallest absolute Gasteiger partial charge is 0.303 e. The first kappa shape index (κ1) is 24.9. The third-order valence-electron chi connectivity index (χ3n) is 4.80. The number of thioether (sulfide) groups is 1. The summed E-state index contributed by atoms with van der Waals surface area (Å²) in [4.78, 5) is 35.1. The third-order valence-corrected chi connectivity index (χ3v) is 6.33. The number of rotatable bonds is 6. The molecular weight excluding hydrogens is 474 g/mol. The number of carbonyl (C=O) groups is 3. The van der Waals surface area contributed by atoms with Crippen LogP contribution >= 0.6 is 23.4 Å². The Balaban J connectivity index is 1.94. The van der Waals surface area contributed by atoms with Gasteiger partial charge in [-0.25, -0.2) is 0 Å². The van der Waals surface area contributed by atoms with Crippen LogP contribution in [0.3, 0.4) is 0 Å². The van der Waals surface area contributed by atoms with Crippen LogP contribution in [0.1, 0.15) is 32.2 Å². The molecule has 0 amide bonds. The Morgan fingerprint density at radius 3 is 2.24 bits per heavy atom. The summed E-state index contributed by atoms with van der Waals surface area (Å²) in [6.45, 7) is 7.33. The minimum atomic E-state index is -1.05. The monoisotopic (exact) mass is 497 g/mol. The van der Waals surface area contributed by atoms with Gasteiger partial charge in [0.15, 0.2) is 23.7 Å². The van der Waals surface area contributed by atoms with E-state index < -0.39 is 41.7 Å². The van der Waals surface area contributed by atoms with E-state index in [9.17, 15) is 14.4 Å². The third kappa shape index (κ3) is 6.00. The van der Waals surface area contributed by atoms with Crippen molar-refractivity contribution >= 4 is 41.3 Å². The fourth-order valence-electron chi connectivity index (χ4n) is 3.58. The molecule has 1 aromatic carbocycles. The maximum absolute atomic E-state index is 11.8. The molecular formula is C22H24ClNO8S. The molecule has 1 aliphatic heterocycles. The lowest BCUT2D eigenvalue weighted by Crippen LogP contribution is -2.55. The van der Waals surface area contributed by atoms with Gasteiger partial charge in [-0.15, -0.1) is 11.8 Å².